The van der Waals surface area contributed by atoms with Crippen LogP contribution in [0.5, 0.6) is 11.5 Å². The topological polar surface area (TPSA) is 52.6 Å². The van der Waals surface area contributed by atoms with E-state index in [2.05, 4.69) is 0 Å². The van der Waals surface area contributed by atoms with Crippen LogP contribution >= 0.6 is 0 Å². The Morgan fingerprint density at radius 1 is 0.576 bits per heavy atom. The van der Waals surface area contributed by atoms with Crippen molar-refractivity contribution in [2.45, 2.75) is 6.42 Å². The molecule has 4 aromatic carbocycles. The molecule has 4 nitrogen and oxygen atoms in total. The lowest BCUT2D eigenvalue weighted by Gasteiger charge is -2.12. The molecule has 0 saturated heterocycles. The summed E-state index contributed by atoms with van der Waals surface area (Å²) in [6.45, 7) is 0. The average Bonchev–Trinajstić information content (AvgIpc) is 2.90. The molecule has 4 aromatic rings. The maximum Gasteiger partial charge on any atom is 0.193 e. The van der Waals surface area contributed by atoms with E-state index in [0.717, 1.165) is 16.7 Å². The van der Waals surface area contributed by atoms with Crippen LogP contribution in [0.2, 0.25) is 0 Å². The first-order valence-corrected chi connectivity index (χ1v) is 10.6. The number of para-hydroxylation sites is 1. The number of ether oxygens (including phenoxy) is 2. The Morgan fingerprint density at radius 2 is 1.06 bits per heavy atom. The molecule has 0 bridgehead atoms. The van der Waals surface area contributed by atoms with E-state index in [9.17, 15) is 9.59 Å². The zero-order valence-corrected chi connectivity index (χ0v) is 18.7. The van der Waals surface area contributed by atoms with Gasteiger partial charge < -0.3 is 9.47 Å². The third-order valence-electron chi connectivity index (χ3n) is 5.00. The highest BCUT2D eigenvalue weighted by Gasteiger charge is 2.14. The van der Waals surface area contributed by atoms with Gasteiger partial charge in [-0.05, 0) is 6.07 Å². The van der Waals surface area contributed by atoms with Crippen LogP contribution in [0.25, 0.3) is 0 Å². The van der Waals surface area contributed by atoms with Crippen molar-refractivity contribution in [3.05, 3.63) is 131 Å². The lowest BCUT2D eigenvalue weighted by atomic mass is 10.0. The normalized spacial score (nSPS) is 9.88. The molecule has 0 heterocycles. The molecule has 4 heteroatoms. The van der Waals surface area contributed by atoms with Crippen molar-refractivity contribution in [2.24, 2.45) is 0 Å². The van der Waals surface area contributed by atoms with Crippen molar-refractivity contribution in [1.29, 1.82) is 0 Å². The van der Waals surface area contributed by atoms with Gasteiger partial charge in [-0.1, -0.05) is 103 Å². The van der Waals surface area contributed by atoms with Gasteiger partial charge in [-0.15, -0.1) is 0 Å². The summed E-state index contributed by atoms with van der Waals surface area (Å²) in [6, 6.07) is 33.4. The van der Waals surface area contributed by atoms with Gasteiger partial charge in [0.05, 0.1) is 14.2 Å². The second-order valence-corrected chi connectivity index (χ2v) is 7.18. The molecular weight excluding hydrogens is 412 g/mol. The van der Waals surface area contributed by atoms with Gasteiger partial charge in [-0.2, -0.15) is 0 Å². The second kappa shape index (κ2) is 12.0. The zero-order chi connectivity index (χ0) is 23.5. The summed E-state index contributed by atoms with van der Waals surface area (Å²) in [7, 11) is 3.16. The molecule has 0 radical (unpaired) electrons. The van der Waals surface area contributed by atoms with Crippen molar-refractivity contribution in [2.75, 3.05) is 14.2 Å². The standard InChI is InChI=1S/C16H16O3.C13H10O/c1-18-15-10-6-9-13(16(15)19-2)11-14(17)12-7-4-3-5-8-12;14-13(11-7-3-1-4-8-11)12-9-5-2-6-10-12/h3-10H,11H2,1-2H3;1-10H. The van der Waals surface area contributed by atoms with Crippen LogP contribution in [0.4, 0.5) is 0 Å². The summed E-state index contributed by atoms with van der Waals surface area (Å²) >= 11 is 0. The van der Waals surface area contributed by atoms with E-state index in [1.165, 1.54) is 0 Å². The van der Waals surface area contributed by atoms with Gasteiger partial charge in [-0.25, -0.2) is 0 Å². The van der Waals surface area contributed by atoms with E-state index >= 15 is 0 Å². The van der Waals surface area contributed by atoms with Crippen LogP contribution in [-0.4, -0.2) is 25.8 Å². The van der Waals surface area contributed by atoms with Gasteiger partial charge in [0.15, 0.2) is 23.1 Å². The fourth-order valence-corrected chi connectivity index (χ4v) is 3.34. The molecule has 33 heavy (non-hydrogen) atoms. The van der Waals surface area contributed by atoms with Crippen molar-refractivity contribution in [1.82, 2.24) is 0 Å². The first-order valence-electron chi connectivity index (χ1n) is 10.6. The van der Waals surface area contributed by atoms with Crippen LogP contribution < -0.4 is 9.47 Å². The number of Topliss-reactive ketones (excluding diaryl/α,β-unsaturated/α-hetero) is 1. The number of benzene rings is 4. The van der Waals surface area contributed by atoms with E-state index in [0.29, 0.717) is 23.5 Å². The van der Waals surface area contributed by atoms with E-state index in [4.69, 9.17) is 9.47 Å². The van der Waals surface area contributed by atoms with Gasteiger partial charge in [0.2, 0.25) is 0 Å². The van der Waals surface area contributed by atoms with E-state index < -0.39 is 0 Å². The van der Waals surface area contributed by atoms with Crippen LogP contribution in [0, 0.1) is 0 Å². The molecule has 0 aliphatic rings. The number of carbonyl (C=O) groups excluding carboxylic acids is 2. The molecule has 0 saturated carbocycles. The first-order chi connectivity index (χ1) is 16.1. The lowest BCUT2D eigenvalue weighted by Crippen LogP contribution is -2.05. The Kier molecular flexibility index (Phi) is 8.55. The molecule has 0 aliphatic carbocycles. The fourth-order valence-electron chi connectivity index (χ4n) is 3.34. The number of hydrogen-bond donors (Lipinski definition) is 0. The molecule has 0 aromatic heterocycles. The highest BCUT2D eigenvalue weighted by atomic mass is 16.5. The summed E-state index contributed by atoms with van der Waals surface area (Å²) in [4.78, 5) is 24.0. The predicted octanol–water partition coefficient (Wildman–Crippen LogP) is 6.05. The van der Waals surface area contributed by atoms with E-state index in [-0.39, 0.29) is 11.6 Å². The van der Waals surface area contributed by atoms with E-state index in [1.807, 2.05) is 109 Å². The predicted molar refractivity (Wildman–Crippen MR) is 130 cm³/mol. The Balaban J connectivity index is 0.000000194. The van der Waals surface area contributed by atoms with E-state index in [1.54, 1.807) is 14.2 Å². The third-order valence-corrected chi connectivity index (χ3v) is 5.00. The minimum atomic E-state index is 0.0622. The van der Waals surface area contributed by atoms with Gasteiger partial charge >= 0.3 is 0 Å². The van der Waals surface area contributed by atoms with Crippen molar-refractivity contribution >= 4 is 11.6 Å². The molecule has 0 atom stereocenters. The number of hydrogen-bond acceptors (Lipinski definition) is 4. The summed E-state index contributed by atoms with van der Waals surface area (Å²) in [5.74, 6) is 1.40. The van der Waals surface area contributed by atoms with Crippen molar-refractivity contribution < 1.29 is 19.1 Å². The Labute approximate surface area is 194 Å². The highest BCUT2D eigenvalue weighted by molar-refractivity contribution is 6.08. The van der Waals surface area contributed by atoms with Crippen LogP contribution in [0.1, 0.15) is 31.8 Å². The number of rotatable bonds is 7. The van der Waals surface area contributed by atoms with Gasteiger partial charge in [-0.3, -0.25) is 9.59 Å². The monoisotopic (exact) mass is 438 g/mol. The number of carbonyl (C=O) groups is 2. The van der Waals surface area contributed by atoms with Crippen LogP contribution in [-0.2, 0) is 6.42 Å². The number of methoxy groups -OCH3 is 2. The Morgan fingerprint density at radius 3 is 1.52 bits per heavy atom. The SMILES string of the molecule is COc1cccc(CC(=O)c2ccccc2)c1OC.O=C(c1ccccc1)c1ccccc1. The third kappa shape index (κ3) is 6.40. The average molecular weight is 439 g/mol. The van der Waals surface area contributed by atoms with Gasteiger partial charge in [0.25, 0.3) is 0 Å². The van der Waals surface area contributed by atoms with Crippen molar-refractivity contribution in [3.8, 4) is 11.5 Å². The highest BCUT2D eigenvalue weighted by Crippen LogP contribution is 2.31. The van der Waals surface area contributed by atoms with Crippen LogP contribution in [0.3, 0.4) is 0 Å². The maximum absolute atomic E-state index is 12.2. The second-order valence-electron chi connectivity index (χ2n) is 7.18. The first kappa shape index (κ1) is 23.5. The fraction of sp³-hybridized carbons (Fsp3) is 0.103. The summed E-state index contributed by atoms with van der Waals surface area (Å²) in [5.41, 5.74) is 3.00. The Hall–Kier alpha value is -4.18. The summed E-state index contributed by atoms with van der Waals surface area (Å²) < 4.78 is 10.6. The lowest BCUT2D eigenvalue weighted by molar-refractivity contribution is 0.0990. The minimum Gasteiger partial charge on any atom is -0.493 e. The molecule has 4 rings (SSSR count). The number of ketones is 2. The molecule has 0 fully saturated rings. The maximum atomic E-state index is 12.2. The zero-order valence-electron chi connectivity index (χ0n) is 18.7. The van der Waals surface area contributed by atoms with Gasteiger partial charge in [0, 0.05) is 28.7 Å². The molecule has 0 amide bonds. The van der Waals surface area contributed by atoms with Crippen LogP contribution in [0.15, 0.2) is 109 Å². The van der Waals surface area contributed by atoms with Gasteiger partial charge in [0.1, 0.15) is 0 Å². The quantitative estimate of drug-likeness (QED) is 0.330. The molecular formula is C29H26O4. The van der Waals surface area contributed by atoms with Crippen molar-refractivity contribution in [3.63, 3.8) is 0 Å². The largest absolute Gasteiger partial charge is 0.493 e. The molecule has 166 valence electrons. The molecule has 0 spiro atoms. The minimum absolute atomic E-state index is 0.0622. The Bertz CT molecular complexity index is 1130. The molecule has 0 N–H and O–H groups in total. The molecule has 0 aliphatic heterocycles. The smallest absolute Gasteiger partial charge is 0.193 e. The summed E-state index contributed by atoms with van der Waals surface area (Å²) in [5, 5.41) is 0. The summed E-state index contributed by atoms with van der Waals surface area (Å²) in [6.07, 6.45) is 0.296. The molecule has 0 unspecified atom stereocenters.